The average Bonchev–Trinajstić information content (AvgIpc) is 2.69. The maximum absolute atomic E-state index is 12.0. The number of rotatable bonds is 6. The van der Waals surface area contributed by atoms with Crippen molar-refractivity contribution in [1.82, 2.24) is 10.2 Å². The molecule has 0 aromatic heterocycles. The lowest BCUT2D eigenvalue weighted by atomic mass is 10.1. The third-order valence-corrected chi connectivity index (χ3v) is 3.75. The summed E-state index contributed by atoms with van der Waals surface area (Å²) in [6.07, 6.45) is 3.28. The van der Waals surface area contributed by atoms with Crippen molar-refractivity contribution in [1.29, 1.82) is 0 Å². The van der Waals surface area contributed by atoms with Crippen LogP contribution in [0.5, 0.6) is 0 Å². The smallest absolute Gasteiger partial charge is 0.237 e. The zero-order chi connectivity index (χ0) is 12.8. The van der Waals surface area contributed by atoms with Gasteiger partial charge in [0, 0.05) is 19.1 Å². The molecule has 1 fully saturated rings. The summed E-state index contributed by atoms with van der Waals surface area (Å²) < 4.78 is 0. The number of carbonyl (C=O) groups excluding carboxylic acids is 1. The molecular formula is C13H27N3O. The Morgan fingerprint density at radius 3 is 2.82 bits per heavy atom. The van der Waals surface area contributed by atoms with Gasteiger partial charge in [0.25, 0.3) is 0 Å². The first kappa shape index (κ1) is 14.5. The Morgan fingerprint density at radius 1 is 1.59 bits per heavy atom. The first-order valence-corrected chi connectivity index (χ1v) is 6.83. The van der Waals surface area contributed by atoms with Gasteiger partial charge in [0.15, 0.2) is 0 Å². The Morgan fingerprint density at radius 2 is 2.29 bits per heavy atom. The van der Waals surface area contributed by atoms with Crippen LogP contribution in [0.1, 0.15) is 40.0 Å². The normalized spacial score (nSPS) is 27.1. The molecule has 0 spiro atoms. The minimum atomic E-state index is -0.0293. The van der Waals surface area contributed by atoms with Gasteiger partial charge in [-0.1, -0.05) is 13.3 Å². The van der Waals surface area contributed by atoms with Crippen molar-refractivity contribution in [3.05, 3.63) is 0 Å². The van der Waals surface area contributed by atoms with Crippen molar-refractivity contribution in [2.75, 3.05) is 19.6 Å². The Kier molecular flexibility index (Phi) is 5.92. The summed E-state index contributed by atoms with van der Waals surface area (Å²) in [7, 11) is 0. The molecule has 0 aliphatic carbocycles. The molecule has 1 saturated heterocycles. The lowest BCUT2D eigenvalue weighted by Crippen LogP contribution is -2.47. The maximum Gasteiger partial charge on any atom is 0.237 e. The molecule has 3 atom stereocenters. The van der Waals surface area contributed by atoms with Gasteiger partial charge in [0.1, 0.15) is 0 Å². The third-order valence-electron chi connectivity index (χ3n) is 3.75. The molecule has 100 valence electrons. The van der Waals surface area contributed by atoms with Crippen molar-refractivity contribution in [3.8, 4) is 0 Å². The highest BCUT2D eigenvalue weighted by atomic mass is 16.2. The molecule has 3 unspecified atom stereocenters. The summed E-state index contributed by atoms with van der Waals surface area (Å²) in [4.78, 5) is 14.2. The third kappa shape index (κ3) is 3.96. The Balaban J connectivity index is 2.40. The van der Waals surface area contributed by atoms with Crippen molar-refractivity contribution >= 4 is 5.91 Å². The van der Waals surface area contributed by atoms with Crippen molar-refractivity contribution in [3.63, 3.8) is 0 Å². The molecule has 1 aliphatic rings. The largest absolute Gasteiger partial charge is 0.355 e. The minimum absolute atomic E-state index is 0.0293. The molecule has 1 heterocycles. The van der Waals surface area contributed by atoms with Crippen LogP contribution in [0.15, 0.2) is 0 Å². The van der Waals surface area contributed by atoms with Gasteiger partial charge in [0.05, 0.1) is 6.04 Å². The van der Waals surface area contributed by atoms with E-state index in [1.54, 1.807) is 0 Å². The van der Waals surface area contributed by atoms with E-state index in [-0.39, 0.29) is 11.9 Å². The summed E-state index contributed by atoms with van der Waals surface area (Å²) >= 11 is 0. The van der Waals surface area contributed by atoms with Crippen LogP contribution < -0.4 is 11.1 Å². The van der Waals surface area contributed by atoms with E-state index in [4.69, 9.17) is 5.73 Å². The van der Waals surface area contributed by atoms with Gasteiger partial charge in [0.2, 0.25) is 5.91 Å². The molecule has 1 amide bonds. The molecule has 4 heteroatoms. The minimum Gasteiger partial charge on any atom is -0.355 e. The van der Waals surface area contributed by atoms with Gasteiger partial charge >= 0.3 is 0 Å². The number of hydrogen-bond donors (Lipinski definition) is 2. The van der Waals surface area contributed by atoms with E-state index in [1.807, 2.05) is 6.92 Å². The highest BCUT2D eigenvalue weighted by Gasteiger charge is 2.33. The molecular weight excluding hydrogens is 214 g/mol. The number of likely N-dealkylation sites (tertiary alicyclic amines) is 1. The van der Waals surface area contributed by atoms with E-state index < -0.39 is 0 Å². The van der Waals surface area contributed by atoms with E-state index >= 15 is 0 Å². The standard InChI is InChI=1S/C13H27N3O/c1-4-5-6-15-13(17)11(3)16-9-12(8-14)7-10(16)2/h10-12H,4-9,14H2,1-3H3,(H,15,17). The Hall–Kier alpha value is -0.610. The Labute approximate surface area is 105 Å². The van der Waals surface area contributed by atoms with Gasteiger partial charge in [-0.25, -0.2) is 0 Å². The lowest BCUT2D eigenvalue weighted by molar-refractivity contribution is -0.126. The van der Waals surface area contributed by atoms with E-state index in [9.17, 15) is 4.79 Å². The summed E-state index contributed by atoms with van der Waals surface area (Å²) in [6.45, 7) is 8.79. The maximum atomic E-state index is 12.0. The number of nitrogens with zero attached hydrogens (tertiary/aromatic N) is 1. The summed E-state index contributed by atoms with van der Waals surface area (Å²) in [5.41, 5.74) is 5.71. The van der Waals surface area contributed by atoms with E-state index in [2.05, 4.69) is 24.1 Å². The number of unbranched alkanes of at least 4 members (excludes halogenated alkanes) is 1. The van der Waals surface area contributed by atoms with Crippen molar-refractivity contribution < 1.29 is 4.79 Å². The van der Waals surface area contributed by atoms with Crippen LogP contribution in [0.25, 0.3) is 0 Å². The molecule has 1 rings (SSSR count). The Bertz CT molecular complexity index is 245. The first-order valence-electron chi connectivity index (χ1n) is 6.83. The van der Waals surface area contributed by atoms with Crippen LogP contribution in [-0.2, 0) is 4.79 Å². The van der Waals surface area contributed by atoms with Crippen LogP contribution in [-0.4, -0.2) is 42.5 Å². The van der Waals surface area contributed by atoms with Gasteiger partial charge in [-0.05, 0) is 39.2 Å². The number of nitrogens with two attached hydrogens (primary N) is 1. The summed E-state index contributed by atoms with van der Waals surface area (Å²) in [5, 5.41) is 3.00. The molecule has 1 aliphatic heterocycles. The van der Waals surface area contributed by atoms with Gasteiger partial charge < -0.3 is 11.1 Å². The lowest BCUT2D eigenvalue weighted by Gasteiger charge is -2.27. The number of carbonyl (C=O) groups is 1. The van der Waals surface area contributed by atoms with Crippen LogP contribution in [0.2, 0.25) is 0 Å². The molecule has 17 heavy (non-hydrogen) atoms. The zero-order valence-corrected chi connectivity index (χ0v) is 11.4. The van der Waals surface area contributed by atoms with E-state index in [0.29, 0.717) is 12.0 Å². The van der Waals surface area contributed by atoms with Crippen LogP contribution in [0.3, 0.4) is 0 Å². The van der Waals surface area contributed by atoms with Crippen LogP contribution >= 0.6 is 0 Å². The van der Waals surface area contributed by atoms with E-state index in [0.717, 1.165) is 38.9 Å². The predicted molar refractivity (Wildman–Crippen MR) is 70.7 cm³/mol. The second-order valence-electron chi connectivity index (χ2n) is 5.20. The summed E-state index contributed by atoms with van der Waals surface area (Å²) in [5.74, 6) is 0.707. The van der Waals surface area contributed by atoms with Crippen LogP contribution in [0.4, 0.5) is 0 Å². The summed E-state index contributed by atoms with van der Waals surface area (Å²) in [6, 6.07) is 0.439. The van der Waals surface area contributed by atoms with Gasteiger partial charge in [-0.15, -0.1) is 0 Å². The fourth-order valence-electron chi connectivity index (χ4n) is 2.57. The SMILES string of the molecule is CCCCNC(=O)C(C)N1CC(CN)CC1C. The molecule has 0 radical (unpaired) electrons. The van der Waals surface area contributed by atoms with Gasteiger partial charge in [-0.3, -0.25) is 9.69 Å². The van der Waals surface area contributed by atoms with Crippen LogP contribution in [0, 0.1) is 5.92 Å². The highest BCUT2D eigenvalue weighted by Crippen LogP contribution is 2.24. The average molecular weight is 241 g/mol. The van der Waals surface area contributed by atoms with Crippen molar-refractivity contribution in [2.24, 2.45) is 11.7 Å². The molecule has 0 bridgehead atoms. The van der Waals surface area contributed by atoms with Gasteiger partial charge in [-0.2, -0.15) is 0 Å². The van der Waals surface area contributed by atoms with E-state index in [1.165, 1.54) is 0 Å². The number of amides is 1. The van der Waals surface area contributed by atoms with Crippen molar-refractivity contribution in [2.45, 2.75) is 52.1 Å². The second-order valence-corrected chi connectivity index (χ2v) is 5.20. The quantitative estimate of drug-likeness (QED) is 0.681. The topological polar surface area (TPSA) is 58.4 Å². The molecule has 3 N–H and O–H groups in total. The fraction of sp³-hybridized carbons (Fsp3) is 0.923. The second kappa shape index (κ2) is 6.97. The fourth-order valence-corrected chi connectivity index (χ4v) is 2.57. The number of hydrogen-bond acceptors (Lipinski definition) is 3. The first-order chi connectivity index (χ1) is 8.10. The molecule has 0 saturated carbocycles. The molecule has 0 aromatic carbocycles. The highest BCUT2D eigenvalue weighted by molar-refractivity contribution is 5.81. The number of nitrogens with one attached hydrogen (secondary N) is 1. The molecule has 0 aromatic rings. The predicted octanol–water partition coefficient (Wildman–Crippen LogP) is 0.960. The zero-order valence-electron chi connectivity index (χ0n) is 11.4. The monoisotopic (exact) mass is 241 g/mol. The molecule has 4 nitrogen and oxygen atoms in total.